The zero-order valence-corrected chi connectivity index (χ0v) is 12.2. The van der Waals surface area contributed by atoms with Crippen LogP contribution in [0.3, 0.4) is 0 Å². The average molecular weight is 301 g/mol. The van der Waals surface area contributed by atoms with E-state index in [1.165, 1.54) is 23.9 Å². The lowest BCUT2D eigenvalue weighted by Gasteiger charge is -2.02. The minimum Gasteiger partial charge on any atom is -0.258 e. The second-order valence-corrected chi connectivity index (χ2v) is 5.73. The molecule has 0 saturated heterocycles. The molecule has 0 N–H and O–H groups in total. The number of fused-ring (bicyclic) bond motifs is 1. The van der Waals surface area contributed by atoms with Crippen LogP contribution in [-0.4, -0.2) is 25.5 Å². The molecule has 1 aliphatic heterocycles. The molecule has 3 rings (SSSR count). The fraction of sp³-hybridized carbons (Fsp3) is 0.154. The summed E-state index contributed by atoms with van der Waals surface area (Å²) >= 11 is 1.49. The maximum absolute atomic E-state index is 10.7. The molecule has 106 valence electrons. The molecule has 0 saturated carbocycles. The summed E-state index contributed by atoms with van der Waals surface area (Å²) in [7, 11) is 0. The van der Waals surface area contributed by atoms with Crippen LogP contribution in [0.4, 0.5) is 5.69 Å². The molecular formula is C13H11N5O2S. The SMILES string of the molecule is CC1=CC(C)=Nn2c(nnc2-c2ccc([N+](=O)[O-])cc2)S1. The Morgan fingerprint density at radius 2 is 1.90 bits per heavy atom. The van der Waals surface area contributed by atoms with Gasteiger partial charge in [0.2, 0.25) is 5.16 Å². The number of allylic oxidation sites excluding steroid dienone is 2. The zero-order valence-electron chi connectivity index (χ0n) is 11.3. The number of nitrogens with zero attached hydrogens (tertiary/aromatic N) is 5. The van der Waals surface area contributed by atoms with Gasteiger partial charge in [-0.15, -0.1) is 10.2 Å². The van der Waals surface area contributed by atoms with Crippen molar-refractivity contribution in [2.75, 3.05) is 0 Å². The van der Waals surface area contributed by atoms with E-state index in [2.05, 4.69) is 15.3 Å². The van der Waals surface area contributed by atoms with Crippen molar-refractivity contribution in [1.29, 1.82) is 0 Å². The molecule has 8 heteroatoms. The molecule has 0 fully saturated rings. The number of rotatable bonds is 2. The smallest absolute Gasteiger partial charge is 0.258 e. The first-order valence-corrected chi connectivity index (χ1v) is 6.98. The number of hydrogen-bond acceptors (Lipinski definition) is 6. The fourth-order valence-electron chi connectivity index (χ4n) is 1.99. The van der Waals surface area contributed by atoms with Crippen LogP contribution in [0.1, 0.15) is 13.8 Å². The predicted molar refractivity (Wildman–Crippen MR) is 80.2 cm³/mol. The number of benzene rings is 1. The predicted octanol–water partition coefficient (Wildman–Crippen LogP) is 3.09. The normalized spacial score (nSPS) is 14.0. The van der Waals surface area contributed by atoms with Crippen LogP contribution >= 0.6 is 11.8 Å². The Balaban J connectivity index is 2.06. The van der Waals surface area contributed by atoms with Gasteiger partial charge in [-0.05, 0) is 37.0 Å². The van der Waals surface area contributed by atoms with E-state index in [1.54, 1.807) is 16.8 Å². The second-order valence-electron chi connectivity index (χ2n) is 4.52. The maximum atomic E-state index is 10.7. The molecule has 0 atom stereocenters. The molecule has 21 heavy (non-hydrogen) atoms. The Hall–Kier alpha value is -2.48. The number of nitro benzene ring substituents is 1. The highest BCUT2D eigenvalue weighted by Crippen LogP contribution is 2.31. The van der Waals surface area contributed by atoms with Crippen LogP contribution < -0.4 is 0 Å². The first-order chi connectivity index (χ1) is 10.0. The highest BCUT2D eigenvalue weighted by Gasteiger charge is 2.17. The van der Waals surface area contributed by atoms with Gasteiger partial charge < -0.3 is 0 Å². The molecule has 0 radical (unpaired) electrons. The van der Waals surface area contributed by atoms with Gasteiger partial charge >= 0.3 is 0 Å². The van der Waals surface area contributed by atoms with Gasteiger partial charge in [-0.3, -0.25) is 10.1 Å². The molecule has 0 bridgehead atoms. The van der Waals surface area contributed by atoms with E-state index in [-0.39, 0.29) is 5.69 Å². The van der Waals surface area contributed by atoms with Crippen LogP contribution in [0.15, 0.2) is 45.5 Å². The summed E-state index contributed by atoms with van der Waals surface area (Å²) in [6.45, 7) is 3.89. The van der Waals surface area contributed by atoms with E-state index < -0.39 is 4.92 Å². The van der Waals surface area contributed by atoms with Gasteiger partial charge in [-0.1, -0.05) is 11.8 Å². The van der Waals surface area contributed by atoms with Crippen LogP contribution in [0.25, 0.3) is 11.4 Å². The molecule has 0 aliphatic carbocycles. The van der Waals surface area contributed by atoms with Crippen molar-refractivity contribution in [3.63, 3.8) is 0 Å². The van der Waals surface area contributed by atoms with Crippen LogP contribution in [0.5, 0.6) is 0 Å². The van der Waals surface area contributed by atoms with Gasteiger partial charge in [0.15, 0.2) is 5.82 Å². The highest BCUT2D eigenvalue weighted by molar-refractivity contribution is 8.02. The van der Waals surface area contributed by atoms with Crippen molar-refractivity contribution >= 4 is 23.2 Å². The second kappa shape index (κ2) is 5.13. The summed E-state index contributed by atoms with van der Waals surface area (Å²) in [6.07, 6.45) is 1.97. The highest BCUT2D eigenvalue weighted by atomic mass is 32.2. The maximum Gasteiger partial charge on any atom is 0.269 e. The minimum atomic E-state index is -0.431. The Labute approximate surface area is 124 Å². The van der Waals surface area contributed by atoms with Gasteiger partial charge in [-0.25, -0.2) is 0 Å². The largest absolute Gasteiger partial charge is 0.269 e. The van der Waals surface area contributed by atoms with E-state index in [0.29, 0.717) is 11.0 Å². The van der Waals surface area contributed by atoms with Gasteiger partial charge in [-0.2, -0.15) is 9.78 Å². The summed E-state index contributed by atoms with van der Waals surface area (Å²) in [5.41, 5.74) is 1.62. The van der Waals surface area contributed by atoms with Crippen LogP contribution in [0.2, 0.25) is 0 Å². The first-order valence-electron chi connectivity index (χ1n) is 6.16. The van der Waals surface area contributed by atoms with E-state index in [9.17, 15) is 10.1 Å². The third kappa shape index (κ3) is 2.57. The lowest BCUT2D eigenvalue weighted by molar-refractivity contribution is -0.384. The van der Waals surface area contributed by atoms with E-state index in [0.717, 1.165) is 16.2 Å². The van der Waals surface area contributed by atoms with Crippen molar-refractivity contribution in [2.45, 2.75) is 19.0 Å². The molecule has 0 amide bonds. The Kier molecular flexibility index (Phi) is 3.30. The van der Waals surface area contributed by atoms with Gasteiger partial charge in [0.1, 0.15) is 0 Å². The molecule has 1 aromatic heterocycles. The minimum absolute atomic E-state index is 0.0425. The quantitative estimate of drug-likeness (QED) is 0.628. The van der Waals surface area contributed by atoms with Crippen molar-refractivity contribution in [2.24, 2.45) is 5.10 Å². The number of non-ortho nitro benzene ring substituents is 1. The lowest BCUT2D eigenvalue weighted by Crippen LogP contribution is -1.97. The molecule has 0 spiro atoms. The summed E-state index contributed by atoms with van der Waals surface area (Å²) in [4.78, 5) is 11.3. The monoisotopic (exact) mass is 301 g/mol. The number of hydrogen-bond donors (Lipinski definition) is 0. The Morgan fingerprint density at radius 3 is 2.57 bits per heavy atom. The molecule has 2 heterocycles. The van der Waals surface area contributed by atoms with Gasteiger partial charge in [0.05, 0.1) is 10.6 Å². The first kappa shape index (κ1) is 13.5. The van der Waals surface area contributed by atoms with Gasteiger partial charge in [0, 0.05) is 17.7 Å². The molecular weight excluding hydrogens is 290 g/mol. The zero-order chi connectivity index (χ0) is 15.0. The fourth-order valence-corrected chi connectivity index (χ4v) is 2.80. The van der Waals surface area contributed by atoms with E-state index in [4.69, 9.17) is 0 Å². The summed E-state index contributed by atoms with van der Waals surface area (Å²) < 4.78 is 1.66. The van der Waals surface area contributed by atoms with E-state index >= 15 is 0 Å². The van der Waals surface area contributed by atoms with Crippen molar-refractivity contribution < 1.29 is 4.92 Å². The number of nitro groups is 1. The van der Waals surface area contributed by atoms with Crippen LogP contribution in [-0.2, 0) is 0 Å². The molecule has 7 nitrogen and oxygen atoms in total. The molecule has 1 aromatic carbocycles. The summed E-state index contributed by atoms with van der Waals surface area (Å²) in [5.74, 6) is 0.565. The third-order valence-corrected chi connectivity index (χ3v) is 3.75. The topological polar surface area (TPSA) is 86.2 Å². The van der Waals surface area contributed by atoms with Crippen molar-refractivity contribution in [3.8, 4) is 11.4 Å². The Bertz CT molecular complexity index is 776. The number of thioether (sulfide) groups is 1. The lowest BCUT2D eigenvalue weighted by atomic mass is 10.2. The van der Waals surface area contributed by atoms with Crippen molar-refractivity contribution in [1.82, 2.24) is 14.9 Å². The number of aromatic nitrogens is 3. The van der Waals surface area contributed by atoms with E-state index in [1.807, 2.05) is 19.9 Å². The standard InChI is InChI=1S/C13H11N5O2S/c1-8-7-9(2)21-13-15-14-12(17(13)16-8)10-3-5-11(6-4-10)18(19)20/h3-7H,1-2H3. The van der Waals surface area contributed by atoms with Gasteiger partial charge in [0.25, 0.3) is 5.69 Å². The summed E-state index contributed by atoms with van der Waals surface area (Å²) in [6, 6.07) is 6.19. The summed E-state index contributed by atoms with van der Waals surface area (Å²) in [5, 5.41) is 24.1. The molecule has 1 aliphatic rings. The average Bonchev–Trinajstić information content (AvgIpc) is 2.74. The molecule has 0 unspecified atom stereocenters. The third-order valence-electron chi connectivity index (χ3n) is 2.87. The van der Waals surface area contributed by atoms with Crippen molar-refractivity contribution in [3.05, 3.63) is 45.4 Å². The Morgan fingerprint density at radius 1 is 1.19 bits per heavy atom. The molecule has 2 aromatic rings. The van der Waals surface area contributed by atoms with Crippen LogP contribution in [0, 0.1) is 10.1 Å².